The van der Waals surface area contributed by atoms with Crippen LogP contribution < -0.4 is 0 Å². The first kappa shape index (κ1) is 23.9. The number of amides is 2. The summed E-state index contributed by atoms with van der Waals surface area (Å²) in [6.45, 7) is 6.57. The van der Waals surface area contributed by atoms with Gasteiger partial charge in [-0.3, -0.25) is 14.6 Å². The quantitative estimate of drug-likeness (QED) is 0.444. The van der Waals surface area contributed by atoms with Gasteiger partial charge in [0.25, 0.3) is 5.91 Å². The number of nitrogens with zero attached hydrogens (tertiary/aromatic N) is 4. The molecule has 2 aromatic heterocycles. The molecule has 0 radical (unpaired) electrons. The Hall–Kier alpha value is -2.42. The number of benzene rings is 1. The van der Waals surface area contributed by atoms with Crippen LogP contribution in [0.25, 0.3) is 0 Å². The molecule has 4 heterocycles. The molecule has 1 aromatic carbocycles. The molecule has 6 rings (SSSR count). The fourth-order valence-corrected chi connectivity index (χ4v) is 6.56. The molecule has 1 aliphatic carbocycles. The van der Waals surface area contributed by atoms with Gasteiger partial charge in [-0.1, -0.05) is 43.1 Å². The molecule has 1 unspecified atom stereocenters. The van der Waals surface area contributed by atoms with E-state index in [1.54, 1.807) is 24.0 Å². The molecule has 3 aromatic rings. The van der Waals surface area contributed by atoms with Crippen molar-refractivity contribution in [1.82, 2.24) is 19.8 Å². The summed E-state index contributed by atoms with van der Waals surface area (Å²) in [7, 11) is 0. The lowest BCUT2D eigenvalue weighted by molar-refractivity contribution is -0.146. The van der Waals surface area contributed by atoms with Crippen LogP contribution in [0.2, 0.25) is 10.0 Å². The third-order valence-corrected chi connectivity index (χ3v) is 9.44. The van der Waals surface area contributed by atoms with E-state index in [0.717, 1.165) is 17.7 Å². The molecular weight excluding hydrogens is 519 g/mol. The van der Waals surface area contributed by atoms with Crippen LogP contribution in [-0.4, -0.2) is 57.8 Å². The lowest BCUT2D eigenvalue weighted by Gasteiger charge is -2.50. The summed E-state index contributed by atoms with van der Waals surface area (Å²) in [6.07, 6.45) is 4.83. The summed E-state index contributed by atoms with van der Waals surface area (Å²) in [5, 5.41) is 1.01. The number of thiazole rings is 1. The van der Waals surface area contributed by atoms with Gasteiger partial charge in [0.05, 0.1) is 33.9 Å². The zero-order valence-electron chi connectivity index (χ0n) is 20.0. The van der Waals surface area contributed by atoms with Gasteiger partial charge in [0.2, 0.25) is 5.91 Å². The predicted molar refractivity (Wildman–Crippen MR) is 137 cm³/mol. The van der Waals surface area contributed by atoms with Gasteiger partial charge in [-0.15, -0.1) is 11.3 Å². The molecule has 188 valence electrons. The molecule has 2 aliphatic heterocycles. The Kier molecular flexibility index (Phi) is 5.70. The lowest BCUT2D eigenvalue weighted by atomic mass is 9.71. The Morgan fingerprint density at radius 1 is 1.14 bits per heavy atom. The van der Waals surface area contributed by atoms with Gasteiger partial charge in [-0.25, -0.2) is 4.98 Å². The Morgan fingerprint density at radius 3 is 2.56 bits per heavy atom. The number of carbonyl (C=O) groups excluding carboxylic acids is 2. The molecule has 0 N–H and O–H groups in total. The maximum atomic E-state index is 13.2. The monoisotopic (exact) mass is 544 g/mol. The van der Waals surface area contributed by atoms with Crippen molar-refractivity contribution in [3.05, 3.63) is 68.2 Å². The highest BCUT2D eigenvalue weighted by molar-refractivity contribution is 7.11. The maximum absolute atomic E-state index is 13.2. The third-order valence-electron chi connectivity index (χ3n) is 7.94. The highest BCUT2D eigenvalue weighted by atomic mass is 35.5. The molecule has 2 atom stereocenters. The van der Waals surface area contributed by atoms with E-state index in [1.165, 1.54) is 11.3 Å². The Morgan fingerprint density at radius 2 is 1.89 bits per heavy atom. The minimum atomic E-state index is -0.263. The number of carbonyl (C=O) groups is 2. The van der Waals surface area contributed by atoms with E-state index in [9.17, 15) is 9.59 Å². The smallest absolute Gasteiger partial charge is 0.265 e. The molecule has 3 aliphatic rings. The molecule has 10 heteroatoms. The summed E-state index contributed by atoms with van der Waals surface area (Å²) < 4.78 is 6.24. The number of halogens is 2. The van der Waals surface area contributed by atoms with Gasteiger partial charge in [0, 0.05) is 43.9 Å². The maximum Gasteiger partial charge on any atom is 0.265 e. The molecule has 3 fully saturated rings. The van der Waals surface area contributed by atoms with Gasteiger partial charge in [0.1, 0.15) is 10.6 Å². The van der Waals surface area contributed by atoms with Gasteiger partial charge in [-0.2, -0.15) is 0 Å². The van der Waals surface area contributed by atoms with E-state index in [0.29, 0.717) is 53.4 Å². The number of rotatable bonds is 5. The van der Waals surface area contributed by atoms with Crippen molar-refractivity contribution in [2.45, 2.75) is 32.6 Å². The van der Waals surface area contributed by atoms with Crippen LogP contribution in [0.15, 0.2) is 40.5 Å². The second-order valence-corrected chi connectivity index (χ2v) is 12.7. The van der Waals surface area contributed by atoms with E-state index in [-0.39, 0.29) is 34.5 Å². The van der Waals surface area contributed by atoms with Crippen LogP contribution >= 0.6 is 34.5 Å². The first-order chi connectivity index (χ1) is 17.1. The second-order valence-electron chi connectivity index (χ2n) is 11.0. The summed E-state index contributed by atoms with van der Waals surface area (Å²) >= 11 is 13.6. The average molecular weight is 545 g/mol. The molecule has 1 spiro atoms. The standard InChI is InChI=1S/C26H26Cl2N4O3S/c1-25(2)7-17(25)23(33)32-12-26(13-32)11-31(24(34)21-9-29-14-36-21)10-18(26)22-30-8-16(35-22)5-15-3-4-19(27)20(28)6-15/h3-4,6,8-9,14,17-18H,5,7,10-13H2,1-2H3/t17-,18?/m1/s1. The van der Waals surface area contributed by atoms with E-state index in [2.05, 4.69) is 23.8 Å². The van der Waals surface area contributed by atoms with Crippen LogP contribution in [0.4, 0.5) is 0 Å². The summed E-state index contributed by atoms with van der Waals surface area (Å²) in [5.74, 6) is 1.54. The van der Waals surface area contributed by atoms with Crippen LogP contribution in [0, 0.1) is 16.7 Å². The highest BCUT2D eigenvalue weighted by Gasteiger charge is 2.61. The zero-order chi connectivity index (χ0) is 25.2. The van der Waals surface area contributed by atoms with Crippen molar-refractivity contribution >= 4 is 46.4 Å². The highest BCUT2D eigenvalue weighted by Crippen LogP contribution is 2.55. The van der Waals surface area contributed by atoms with Crippen LogP contribution in [-0.2, 0) is 11.2 Å². The molecule has 0 bridgehead atoms. The molecule has 7 nitrogen and oxygen atoms in total. The van der Waals surface area contributed by atoms with E-state index < -0.39 is 0 Å². The van der Waals surface area contributed by atoms with Gasteiger partial charge in [-0.05, 0) is 29.5 Å². The lowest BCUT2D eigenvalue weighted by Crippen LogP contribution is -2.62. The number of oxazole rings is 1. The van der Waals surface area contributed by atoms with Gasteiger partial charge in [0.15, 0.2) is 5.89 Å². The van der Waals surface area contributed by atoms with Crippen molar-refractivity contribution in [2.75, 3.05) is 26.2 Å². The van der Waals surface area contributed by atoms with Crippen LogP contribution in [0.1, 0.15) is 53.1 Å². The average Bonchev–Trinajstić information content (AvgIpc) is 3.33. The van der Waals surface area contributed by atoms with Crippen LogP contribution in [0.3, 0.4) is 0 Å². The third kappa shape index (κ3) is 4.13. The molecule has 2 saturated heterocycles. The SMILES string of the molecule is CC1(C)C[C@@H]1C(=O)N1CC2(CN(C(=O)c3cncs3)CC2c2ncc(Cc3ccc(Cl)c(Cl)c3)o2)C1. The number of hydrogen-bond acceptors (Lipinski definition) is 6. The molecule has 36 heavy (non-hydrogen) atoms. The summed E-state index contributed by atoms with van der Waals surface area (Å²) in [6, 6.07) is 5.51. The summed E-state index contributed by atoms with van der Waals surface area (Å²) in [5.41, 5.74) is 2.47. The van der Waals surface area contributed by atoms with Crippen molar-refractivity contribution in [3.63, 3.8) is 0 Å². The van der Waals surface area contributed by atoms with Crippen molar-refractivity contribution in [1.29, 1.82) is 0 Å². The van der Waals surface area contributed by atoms with Crippen molar-refractivity contribution in [3.8, 4) is 0 Å². The first-order valence-corrected chi connectivity index (χ1v) is 13.6. The van der Waals surface area contributed by atoms with Crippen LogP contribution in [0.5, 0.6) is 0 Å². The van der Waals surface area contributed by atoms with E-state index in [4.69, 9.17) is 27.6 Å². The largest absolute Gasteiger partial charge is 0.445 e. The minimum Gasteiger partial charge on any atom is -0.445 e. The fourth-order valence-electron chi connectivity index (χ4n) is 5.66. The van der Waals surface area contributed by atoms with E-state index in [1.807, 2.05) is 21.9 Å². The molecular formula is C26H26Cl2N4O3S. The minimum absolute atomic E-state index is 0.0323. The topological polar surface area (TPSA) is 79.5 Å². The molecule has 1 saturated carbocycles. The first-order valence-electron chi connectivity index (χ1n) is 12.0. The Labute approximate surface area is 223 Å². The van der Waals surface area contributed by atoms with Gasteiger partial charge < -0.3 is 14.2 Å². The number of aromatic nitrogens is 2. The fraction of sp³-hybridized carbons (Fsp3) is 0.462. The van der Waals surface area contributed by atoms with E-state index >= 15 is 0 Å². The number of hydrogen-bond donors (Lipinski definition) is 0. The normalized spacial score (nSPS) is 23.7. The molecule has 2 amide bonds. The Balaban J connectivity index is 1.23. The number of likely N-dealkylation sites (tertiary alicyclic amines) is 2. The predicted octanol–water partition coefficient (Wildman–Crippen LogP) is 5.14. The van der Waals surface area contributed by atoms with Gasteiger partial charge >= 0.3 is 0 Å². The summed E-state index contributed by atoms with van der Waals surface area (Å²) in [4.78, 5) is 39.3. The van der Waals surface area contributed by atoms with Crippen molar-refractivity contribution < 1.29 is 14.0 Å². The Bertz CT molecular complexity index is 1330. The second kappa shape index (κ2) is 8.57. The zero-order valence-corrected chi connectivity index (χ0v) is 22.4. The van der Waals surface area contributed by atoms with Crippen molar-refractivity contribution in [2.24, 2.45) is 16.7 Å².